The largest absolute Gasteiger partial charge is 0.371 e. The summed E-state index contributed by atoms with van der Waals surface area (Å²) in [5.74, 6) is 0. The summed E-state index contributed by atoms with van der Waals surface area (Å²) in [5, 5.41) is 10.8. The summed E-state index contributed by atoms with van der Waals surface area (Å²) in [7, 11) is -3.75. The Bertz CT molecular complexity index is 977. The lowest BCUT2D eigenvalue weighted by Crippen LogP contribution is -2.41. The molecule has 0 aliphatic carbocycles. The van der Waals surface area contributed by atoms with Crippen molar-refractivity contribution in [2.45, 2.75) is 137 Å². The second-order valence-corrected chi connectivity index (χ2v) is 14.2. The molecular formula is C33H56O3S. The molecule has 0 spiro atoms. The Hall–Kier alpha value is -1.65. The SMILES string of the molecule is CC(C)=CCCC(C)=CCCC(C)=CCC(O)(C=C(C)CCC=C(C)CCC=C(C)C)S(=O)(=O)C(C)C. The number of allylic oxidation sites excluding steroid dienone is 10. The van der Waals surface area contributed by atoms with Gasteiger partial charge in [-0.05, 0) is 127 Å². The quantitative estimate of drug-likeness (QED) is 0.190. The molecule has 0 bridgehead atoms. The van der Waals surface area contributed by atoms with Gasteiger partial charge in [-0.25, -0.2) is 8.42 Å². The average molecular weight is 533 g/mol. The van der Waals surface area contributed by atoms with Crippen LogP contribution in [0.15, 0.2) is 69.9 Å². The summed E-state index contributed by atoms with van der Waals surface area (Å²) >= 11 is 0. The van der Waals surface area contributed by atoms with E-state index in [1.54, 1.807) is 19.9 Å². The average Bonchev–Trinajstić information content (AvgIpc) is 2.77. The number of hydrogen-bond acceptors (Lipinski definition) is 3. The molecular weight excluding hydrogens is 476 g/mol. The normalized spacial score (nSPS) is 15.6. The van der Waals surface area contributed by atoms with E-state index in [9.17, 15) is 13.5 Å². The van der Waals surface area contributed by atoms with Gasteiger partial charge in [0.25, 0.3) is 0 Å². The van der Waals surface area contributed by atoms with Crippen LogP contribution in [-0.4, -0.2) is 23.7 Å². The Kier molecular flexibility index (Phi) is 17.0. The Morgan fingerprint density at radius 2 is 0.973 bits per heavy atom. The predicted molar refractivity (Wildman–Crippen MR) is 164 cm³/mol. The molecule has 212 valence electrons. The smallest absolute Gasteiger partial charge is 0.188 e. The molecule has 3 nitrogen and oxygen atoms in total. The molecule has 0 aromatic carbocycles. The highest BCUT2D eigenvalue weighted by atomic mass is 32.2. The fourth-order valence-electron chi connectivity index (χ4n) is 4.02. The second-order valence-electron chi connectivity index (χ2n) is 11.5. The monoisotopic (exact) mass is 532 g/mol. The van der Waals surface area contributed by atoms with Crippen molar-refractivity contribution >= 4 is 9.84 Å². The van der Waals surface area contributed by atoms with Gasteiger partial charge < -0.3 is 5.11 Å². The van der Waals surface area contributed by atoms with Gasteiger partial charge in [-0.3, -0.25) is 0 Å². The fourth-order valence-corrected chi connectivity index (χ4v) is 5.52. The molecule has 4 heteroatoms. The van der Waals surface area contributed by atoms with Crippen LogP contribution >= 0.6 is 0 Å². The minimum Gasteiger partial charge on any atom is -0.371 e. The van der Waals surface area contributed by atoms with E-state index in [0.29, 0.717) is 0 Å². The lowest BCUT2D eigenvalue weighted by molar-refractivity contribution is 0.174. The van der Waals surface area contributed by atoms with Crippen LogP contribution < -0.4 is 0 Å². The van der Waals surface area contributed by atoms with Gasteiger partial charge in [0.1, 0.15) is 0 Å². The maximum atomic E-state index is 13.2. The Labute approximate surface area is 230 Å². The summed E-state index contributed by atoms with van der Waals surface area (Å²) < 4.78 is 26.3. The van der Waals surface area contributed by atoms with Crippen LogP contribution in [0.4, 0.5) is 0 Å². The Morgan fingerprint density at radius 3 is 1.35 bits per heavy atom. The van der Waals surface area contributed by atoms with Crippen molar-refractivity contribution in [3.8, 4) is 0 Å². The van der Waals surface area contributed by atoms with Gasteiger partial charge in [-0.1, -0.05) is 63.8 Å². The number of rotatable bonds is 17. The molecule has 0 saturated carbocycles. The van der Waals surface area contributed by atoms with Crippen LogP contribution in [0.3, 0.4) is 0 Å². The van der Waals surface area contributed by atoms with E-state index in [1.807, 2.05) is 19.9 Å². The Morgan fingerprint density at radius 1 is 0.622 bits per heavy atom. The van der Waals surface area contributed by atoms with Gasteiger partial charge >= 0.3 is 0 Å². The zero-order chi connectivity index (χ0) is 28.6. The first-order valence-corrected chi connectivity index (χ1v) is 15.5. The van der Waals surface area contributed by atoms with E-state index in [-0.39, 0.29) is 6.42 Å². The van der Waals surface area contributed by atoms with E-state index in [4.69, 9.17) is 0 Å². The molecule has 0 rings (SSSR count). The molecule has 0 aliphatic rings. The van der Waals surface area contributed by atoms with Gasteiger partial charge in [-0.2, -0.15) is 0 Å². The summed E-state index contributed by atoms with van der Waals surface area (Å²) in [6.07, 6.45) is 20.1. The van der Waals surface area contributed by atoms with Crippen LogP contribution in [-0.2, 0) is 9.84 Å². The molecule has 0 aliphatic heterocycles. The van der Waals surface area contributed by atoms with E-state index in [1.165, 1.54) is 22.3 Å². The third-order valence-electron chi connectivity index (χ3n) is 6.57. The summed E-state index contributed by atoms with van der Waals surface area (Å²) in [4.78, 5) is -1.88. The second kappa shape index (κ2) is 17.8. The van der Waals surface area contributed by atoms with Gasteiger partial charge in [0.05, 0.1) is 5.25 Å². The van der Waals surface area contributed by atoms with Gasteiger partial charge in [0.2, 0.25) is 0 Å². The topological polar surface area (TPSA) is 54.4 Å². The molecule has 0 aromatic heterocycles. The van der Waals surface area contributed by atoms with Gasteiger partial charge in [0.15, 0.2) is 14.8 Å². The molecule has 0 heterocycles. The maximum absolute atomic E-state index is 13.2. The van der Waals surface area contributed by atoms with Crippen LogP contribution in [0.25, 0.3) is 0 Å². The van der Waals surface area contributed by atoms with Gasteiger partial charge in [0, 0.05) is 6.42 Å². The highest BCUT2D eigenvalue weighted by Gasteiger charge is 2.40. The third kappa shape index (κ3) is 15.4. The predicted octanol–water partition coefficient (Wildman–Crippen LogP) is 9.73. The molecule has 0 amide bonds. The van der Waals surface area contributed by atoms with Crippen molar-refractivity contribution in [1.29, 1.82) is 0 Å². The van der Waals surface area contributed by atoms with Gasteiger partial charge in [-0.15, -0.1) is 0 Å². The molecule has 1 N–H and O–H groups in total. The Balaban J connectivity index is 5.33. The lowest BCUT2D eigenvalue weighted by Gasteiger charge is -2.27. The van der Waals surface area contributed by atoms with Crippen molar-refractivity contribution in [3.63, 3.8) is 0 Å². The minimum atomic E-state index is -3.75. The van der Waals surface area contributed by atoms with Crippen molar-refractivity contribution in [3.05, 3.63) is 69.9 Å². The first-order chi connectivity index (χ1) is 17.1. The summed E-state index contributed by atoms with van der Waals surface area (Å²) in [6.45, 7) is 20.0. The summed E-state index contributed by atoms with van der Waals surface area (Å²) in [5.41, 5.74) is 7.41. The molecule has 0 aromatic rings. The van der Waals surface area contributed by atoms with E-state index >= 15 is 0 Å². The first kappa shape index (κ1) is 35.4. The van der Waals surface area contributed by atoms with Crippen LogP contribution in [0.2, 0.25) is 0 Å². The highest BCUT2D eigenvalue weighted by Crippen LogP contribution is 2.29. The van der Waals surface area contributed by atoms with E-state index < -0.39 is 20.0 Å². The van der Waals surface area contributed by atoms with Crippen molar-refractivity contribution in [2.75, 3.05) is 0 Å². The zero-order valence-corrected chi connectivity index (χ0v) is 26.4. The molecule has 0 radical (unpaired) electrons. The third-order valence-corrected chi connectivity index (χ3v) is 9.08. The first-order valence-electron chi connectivity index (χ1n) is 14.0. The van der Waals surface area contributed by atoms with E-state index in [2.05, 4.69) is 65.8 Å². The molecule has 1 unspecified atom stereocenters. The van der Waals surface area contributed by atoms with Crippen molar-refractivity contribution < 1.29 is 13.5 Å². The van der Waals surface area contributed by atoms with Crippen LogP contribution in [0, 0.1) is 0 Å². The van der Waals surface area contributed by atoms with Crippen molar-refractivity contribution in [2.24, 2.45) is 0 Å². The lowest BCUT2D eigenvalue weighted by atomic mass is 10.0. The fraction of sp³-hybridized carbons (Fsp3) is 0.636. The number of hydrogen-bond donors (Lipinski definition) is 1. The molecule has 1 atom stereocenters. The maximum Gasteiger partial charge on any atom is 0.188 e. The van der Waals surface area contributed by atoms with E-state index in [0.717, 1.165) is 62.5 Å². The number of sulfone groups is 1. The molecule has 0 fully saturated rings. The van der Waals surface area contributed by atoms with Crippen molar-refractivity contribution in [1.82, 2.24) is 0 Å². The highest BCUT2D eigenvalue weighted by molar-refractivity contribution is 7.93. The molecule has 0 saturated heterocycles. The minimum absolute atomic E-state index is 0.0809. The molecule has 37 heavy (non-hydrogen) atoms. The number of aliphatic hydroxyl groups is 1. The summed E-state index contributed by atoms with van der Waals surface area (Å²) in [6, 6.07) is 0. The van der Waals surface area contributed by atoms with Crippen LogP contribution in [0.1, 0.15) is 127 Å². The van der Waals surface area contributed by atoms with Crippen LogP contribution in [0.5, 0.6) is 0 Å². The standard InChI is InChI=1S/C33H56O3S/c1-26(2)15-11-17-29(7)19-13-21-31(9)23-24-33(34,37(35,36)28(5)6)25-32(10)22-14-20-30(8)18-12-16-27(3)4/h15-16,19-20,23,25,28,34H,11-14,17-18,21-22,24H2,1-10H3. The zero-order valence-electron chi connectivity index (χ0n) is 25.6.